The van der Waals surface area contributed by atoms with E-state index in [1.54, 1.807) is 12.1 Å². The average Bonchev–Trinajstić information content (AvgIpc) is 2.64. The molecule has 0 aliphatic rings. The number of anilines is 1. The molecule has 0 unspecified atom stereocenters. The molecule has 5 heteroatoms. The number of aromatic nitrogens is 2. The molecule has 1 aromatic heterocycles. The molecule has 0 amide bonds. The van der Waals surface area contributed by atoms with Crippen LogP contribution >= 0.6 is 11.6 Å². The number of hydrogen-bond acceptors (Lipinski definition) is 2. The number of rotatable bonds is 3. The normalized spacial score (nSPS) is 11.2. The van der Waals surface area contributed by atoms with E-state index in [-0.39, 0.29) is 5.02 Å². The van der Waals surface area contributed by atoms with E-state index in [0.29, 0.717) is 23.0 Å². The highest BCUT2D eigenvalue weighted by Crippen LogP contribution is 2.33. The van der Waals surface area contributed by atoms with E-state index in [9.17, 15) is 4.39 Å². The summed E-state index contributed by atoms with van der Waals surface area (Å²) >= 11 is 5.98. The minimum absolute atomic E-state index is 0.0890. The maximum atomic E-state index is 13.5. The van der Waals surface area contributed by atoms with Crippen molar-refractivity contribution in [2.45, 2.75) is 20.3 Å². The van der Waals surface area contributed by atoms with E-state index in [1.807, 2.05) is 0 Å². The molecular weight excluding hydrogens is 253 g/mol. The number of hydrogen-bond donors (Lipinski definition) is 2. The van der Waals surface area contributed by atoms with Crippen molar-refractivity contribution >= 4 is 17.4 Å². The molecule has 96 valence electrons. The Balaban J connectivity index is 2.54. The van der Waals surface area contributed by atoms with E-state index in [4.69, 9.17) is 17.3 Å². The van der Waals surface area contributed by atoms with Gasteiger partial charge in [0.1, 0.15) is 11.6 Å². The molecule has 0 saturated heterocycles. The smallest absolute Gasteiger partial charge is 0.149 e. The van der Waals surface area contributed by atoms with Crippen molar-refractivity contribution in [3.8, 4) is 11.3 Å². The van der Waals surface area contributed by atoms with Gasteiger partial charge in [-0.15, -0.1) is 0 Å². The second kappa shape index (κ2) is 4.98. The Morgan fingerprint density at radius 1 is 1.44 bits per heavy atom. The summed E-state index contributed by atoms with van der Waals surface area (Å²) in [6.45, 7) is 4.17. The number of benzene rings is 1. The number of nitrogens with two attached hydrogens (primary N) is 1. The minimum atomic E-state index is -0.446. The van der Waals surface area contributed by atoms with Crippen LogP contribution in [-0.4, -0.2) is 10.2 Å². The Bertz CT molecular complexity index is 563. The summed E-state index contributed by atoms with van der Waals surface area (Å²) in [7, 11) is 0. The van der Waals surface area contributed by atoms with Gasteiger partial charge in [0.15, 0.2) is 0 Å². The first-order valence-corrected chi connectivity index (χ1v) is 6.15. The molecule has 2 aromatic rings. The van der Waals surface area contributed by atoms with Gasteiger partial charge in [0, 0.05) is 11.1 Å². The molecule has 0 bridgehead atoms. The van der Waals surface area contributed by atoms with Crippen molar-refractivity contribution in [2.75, 3.05) is 5.73 Å². The van der Waals surface area contributed by atoms with Crippen molar-refractivity contribution in [1.82, 2.24) is 10.2 Å². The van der Waals surface area contributed by atoms with Crippen LogP contribution in [0, 0.1) is 11.7 Å². The number of halogens is 2. The van der Waals surface area contributed by atoms with E-state index < -0.39 is 5.82 Å². The molecule has 3 N–H and O–H groups in total. The van der Waals surface area contributed by atoms with Gasteiger partial charge in [0.25, 0.3) is 0 Å². The fourth-order valence-electron chi connectivity index (χ4n) is 1.91. The van der Waals surface area contributed by atoms with Crippen LogP contribution in [-0.2, 0) is 6.42 Å². The maximum absolute atomic E-state index is 13.5. The summed E-state index contributed by atoms with van der Waals surface area (Å²) in [5.74, 6) is 0.424. The van der Waals surface area contributed by atoms with Gasteiger partial charge in [-0.1, -0.05) is 37.6 Å². The molecule has 1 aromatic carbocycles. The molecule has 0 saturated carbocycles. The average molecular weight is 268 g/mol. The highest BCUT2D eigenvalue weighted by atomic mass is 35.5. The Labute approximate surface area is 110 Å². The summed E-state index contributed by atoms with van der Waals surface area (Å²) in [5.41, 5.74) is 8.02. The zero-order valence-electron chi connectivity index (χ0n) is 10.3. The van der Waals surface area contributed by atoms with Gasteiger partial charge in [0.05, 0.1) is 10.7 Å². The fourth-order valence-corrected chi connectivity index (χ4v) is 2.13. The lowest BCUT2D eigenvalue weighted by Crippen LogP contribution is -1.99. The van der Waals surface area contributed by atoms with Crippen LogP contribution in [0.25, 0.3) is 11.3 Å². The van der Waals surface area contributed by atoms with Gasteiger partial charge in [-0.2, -0.15) is 5.10 Å². The molecule has 0 fully saturated rings. The number of nitrogens with one attached hydrogen (secondary N) is 1. The molecular formula is C13H15ClFN3. The van der Waals surface area contributed by atoms with E-state index in [2.05, 4.69) is 24.0 Å². The number of aromatic amines is 1. The zero-order chi connectivity index (χ0) is 13.3. The highest BCUT2D eigenvalue weighted by Gasteiger charge is 2.17. The maximum Gasteiger partial charge on any atom is 0.149 e. The number of H-pyrrole nitrogens is 1. The lowest BCUT2D eigenvalue weighted by Gasteiger charge is -2.08. The predicted octanol–water partition coefficient (Wildman–Crippen LogP) is 3.65. The van der Waals surface area contributed by atoms with Crippen LogP contribution < -0.4 is 5.73 Å². The van der Waals surface area contributed by atoms with Crippen LogP contribution in [0.5, 0.6) is 0 Å². The molecule has 0 aliphatic heterocycles. The molecule has 2 rings (SSSR count). The van der Waals surface area contributed by atoms with Crippen molar-refractivity contribution in [3.63, 3.8) is 0 Å². The third-order valence-electron chi connectivity index (χ3n) is 2.73. The number of nitrogen functional groups attached to an aromatic ring is 1. The largest absolute Gasteiger partial charge is 0.382 e. The molecule has 0 spiro atoms. The Morgan fingerprint density at radius 2 is 2.17 bits per heavy atom. The Hall–Kier alpha value is -1.55. The van der Waals surface area contributed by atoms with Crippen molar-refractivity contribution in [1.29, 1.82) is 0 Å². The van der Waals surface area contributed by atoms with E-state index in [0.717, 1.165) is 12.0 Å². The zero-order valence-corrected chi connectivity index (χ0v) is 11.1. The fraction of sp³-hybridized carbons (Fsp3) is 0.308. The first-order valence-electron chi connectivity index (χ1n) is 5.77. The summed E-state index contributed by atoms with van der Waals surface area (Å²) < 4.78 is 13.5. The van der Waals surface area contributed by atoms with E-state index in [1.165, 1.54) is 6.07 Å². The van der Waals surface area contributed by atoms with Crippen LogP contribution in [0.2, 0.25) is 5.02 Å². The lowest BCUT2D eigenvalue weighted by atomic mass is 9.99. The molecule has 0 aliphatic carbocycles. The molecule has 0 atom stereocenters. The first kappa shape index (κ1) is 12.9. The lowest BCUT2D eigenvalue weighted by molar-refractivity contribution is 0.628. The van der Waals surface area contributed by atoms with Crippen molar-refractivity contribution in [3.05, 3.63) is 34.6 Å². The quantitative estimate of drug-likeness (QED) is 0.892. The molecule has 0 radical (unpaired) electrons. The Kier molecular flexibility index (Phi) is 3.57. The summed E-state index contributed by atoms with van der Waals surface area (Å²) in [4.78, 5) is 0. The topological polar surface area (TPSA) is 54.7 Å². The first-order chi connectivity index (χ1) is 8.50. The van der Waals surface area contributed by atoms with Gasteiger partial charge < -0.3 is 5.73 Å². The van der Waals surface area contributed by atoms with Gasteiger partial charge >= 0.3 is 0 Å². The SMILES string of the molecule is CC(C)Cc1c(N)n[nH]c1-c1cccc(F)c1Cl. The van der Waals surface area contributed by atoms with Crippen molar-refractivity contribution < 1.29 is 4.39 Å². The van der Waals surface area contributed by atoms with Crippen LogP contribution in [0.1, 0.15) is 19.4 Å². The summed E-state index contributed by atoms with van der Waals surface area (Å²) in [6, 6.07) is 4.70. The second-order valence-corrected chi connectivity index (χ2v) is 5.04. The van der Waals surface area contributed by atoms with Gasteiger partial charge in [0.2, 0.25) is 0 Å². The van der Waals surface area contributed by atoms with Crippen LogP contribution in [0.3, 0.4) is 0 Å². The van der Waals surface area contributed by atoms with Crippen LogP contribution in [0.4, 0.5) is 10.2 Å². The number of nitrogens with zero attached hydrogens (tertiary/aromatic N) is 1. The molecule has 1 heterocycles. The van der Waals surface area contributed by atoms with E-state index >= 15 is 0 Å². The van der Waals surface area contributed by atoms with Crippen LogP contribution in [0.15, 0.2) is 18.2 Å². The third kappa shape index (κ3) is 2.34. The third-order valence-corrected chi connectivity index (χ3v) is 3.12. The highest BCUT2D eigenvalue weighted by molar-refractivity contribution is 6.33. The summed E-state index contributed by atoms with van der Waals surface area (Å²) in [6.07, 6.45) is 0.768. The molecule has 18 heavy (non-hydrogen) atoms. The predicted molar refractivity (Wildman–Crippen MR) is 71.9 cm³/mol. The minimum Gasteiger partial charge on any atom is -0.382 e. The Morgan fingerprint density at radius 3 is 2.83 bits per heavy atom. The van der Waals surface area contributed by atoms with Crippen molar-refractivity contribution in [2.24, 2.45) is 5.92 Å². The second-order valence-electron chi connectivity index (χ2n) is 4.66. The molecule has 3 nitrogen and oxygen atoms in total. The monoisotopic (exact) mass is 267 g/mol. The van der Waals surface area contributed by atoms with Gasteiger partial charge in [-0.25, -0.2) is 4.39 Å². The standard InChI is InChI=1S/C13H15ClFN3/c1-7(2)6-9-12(17-18-13(9)16)8-4-3-5-10(15)11(8)14/h3-5,7H,6H2,1-2H3,(H3,16,17,18). The summed E-state index contributed by atoms with van der Waals surface area (Å²) in [5, 5.41) is 6.92. The van der Waals surface area contributed by atoms with Gasteiger partial charge in [-0.3, -0.25) is 5.10 Å². The van der Waals surface area contributed by atoms with Gasteiger partial charge in [-0.05, 0) is 18.4 Å².